The van der Waals surface area contributed by atoms with E-state index in [2.05, 4.69) is 15.3 Å². The normalized spacial score (nSPS) is 24.4. The van der Waals surface area contributed by atoms with E-state index in [-0.39, 0.29) is 75.7 Å². The maximum Gasteiger partial charge on any atom is 0.417 e. The molecule has 0 radical (unpaired) electrons. The molecule has 3 aliphatic heterocycles. The first kappa shape index (κ1) is 32.6. The van der Waals surface area contributed by atoms with Gasteiger partial charge in [-0.1, -0.05) is 6.07 Å². The lowest BCUT2D eigenvalue weighted by Gasteiger charge is -2.31. The molecule has 7 rings (SSSR count). The summed E-state index contributed by atoms with van der Waals surface area (Å²) in [7, 11) is 1.50. The van der Waals surface area contributed by atoms with E-state index in [0.29, 0.717) is 43.3 Å². The molecule has 3 N–H and O–H groups in total. The van der Waals surface area contributed by atoms with Crippen LogP contribution in [0.2, 0.25) is 0 Å². The van der Waals surface area contributed by atoms with Crippen LogP contribution >= 0.6 is 11.3 Å². The van der Waals surface area contributed by atoms with Gasteiger partial charge in [-0.05, 0) is 50.0 Å². The minimum Gasteiger partial charge on any atom is -0.472 e. The molecule has 254 valence electrons. The van der Waals surface area contributed by atoms with Crippen LogP contribution in [0.1, 0.15) is 36.8 Å². The van der Waals surface area contributed by atoms with E-state index >= 15 is 4.39 Å². The molecule has 2 aromatic heterocycles. The lowest BCUT2D eigenvalue weighted by atomic mass is 9.92. The van der Waals surface area contributed by atoms with Crippen molar-refractivity contribution >= 4 is 37.3 Å². The second kappa shape index (κ2) is 12.2. The van der Waals surface area contributed by atoms with Gasteiger partial charge in [0.2, 0.25) is 5.88 Å². The van der Waals surface area contributed by atoms with Crippen molar-refractivity contribution < 1.29 is 40.6 Å². The van der Waals surface area contributed by atoms with Crippen molar-refractivity contribution in [1.82, 2.24) is 20.2 Å². The van der Waals surface area contributed by atoms with Crippen LogP contribution in [0, 0.1) is 23.0 Å². The number of aromatic nitrogens is 2. The van der Waals surface area contributed by atoms with Gasteiger partial charge < -0.3 is 25.3 Å². The highest BCUT2D eigenvalue weighted by atomic mass is 32.1. The summed E-state index contributed by atoms with van der Waals surface area (Å²) in [5.41, 5.74) is 1.77. The molecule has 0 saturated carbocycles. The van der Waals surface area contributed by atoms with Crippen LogP contribution in [-0.2, 0) is 10.9 Å². The first-order chi connectivity index (χ1) is 22.9. The average Bonchev–Trinajstić information content (AvgIpc) is 3.79. The molecule has 3 saturated heterocycles. The number of ether oxygens (including phenoxy) is 3. The molecule has 1 unspecified atom stereocenters. The van der Waals surface area contributed by atoms with E-state index < -0.39 is 52.3 Å². The lowest BCUT2D eigenvalue weighted by Crippen LogP contribution is -2.43. The maximum atomic E-state index is 16.9. The third-order valence-electron chi connectivity index (χ3n) is 9.50. The third-order valence-corrected chi connectivity index (χ3v) is 10.5. The number of nitriles is 1. The molecule has 16 heteroatoms. The number of rotatable bonds is 8. The van der Waals surface area contributed by atoms with Gasteiger partial charge >= 0.3 is 12.2 Å². The van der Waals surface area contributed by atoms with Gasteiger partial charge in [0, 0.05) is 31.0 Å². The van der Waals surface area contributed by atoms with E-state index in [0.717, 1.165) is 18.6 Å². The van der Waals surface area contributed by atoms with Crippen molar-refractivity contribution in [2.45, 2.75) is 55.7 Å². The standard InChI is InChI=1S/C32H30F6N6O3S/c1-45-13-21-22(5-7-41-21)47-29-17-9-19(32(36,37)38)24(16-3-4-20(34)27-23(16)18(11-39)28(40)48-27)25(35)26(17)42-30(43-29)46-14-31-6-2-8-44(31)12-15(33)10-31/h3-4,9,15,21-22,41H,2,5-8,10,12-14,40H2,1H3/t15-,21-,22-,31?/m1/s1. The van der Waals surface area contributed by atoms with E-state index in [1.54, 1.807) is 0 Å². The number of nitrogen functional groups attached to an aromatic ring is 1. The zero-order chi connectivity index (χ0) is 34.0. The summed E-state index contributed by atoms with van der Waals surface area (Å²) in [6.07, 6.45) is -4.57. The van der Waals surface area contributed by atoms with Gasteiger partial charge in [0.1, 0.15) is 41.3 Å². The molecule has 5 heterocycles. The molecule has 0 spiro atoms. The molecule has 3 aliphatic rings. The van der Waals surface area contributed by atoms with Crippen molar-refractivity contribution in [2.24, 2.45) is 0 Å². The second-order valence-corrected chi connectivity index (χ2v) is 13.4. The van der Waals surface area contributed by atoms with Gasteiger partial charge in [-0.25, -0.2) is 13.2 Å². The van der Waals surface area contributed by atoms with Crippen LogP contribution in [0.15, 0.2) is 18.2 Å². The second-order valence-electron chi connectivity index (χ2n) is 12.4. The minimum atomic E-state index is -5.12. The molecule has 4 aromatic rings. The molecule has 0 bridgehead atoms. The minimum absolute atomic E-state index is 0.0247. The van der Waals surface area contributed by atoms with Crippen LogP contribution in [0.5, 0.6) is 11.9 Å². The fourth-order valence-electron chi connectivity index (χ4n) is 7.35. The van der Waals surface area contributed by atoms with Gasteiger partial charge in [-0.2, -0.15) is 28.4 Å². The number of halogens is 6. The number of nitrogens with two attached hydrogens (primary N) is 1. The van der Waals surface area contributed by atoms with Crippen molar-refractivity contribution in [2.75, 3.05) is 45.7 Å². The predicted molar refractivity (Wildman–Crippen MR) is 166 cm³/mol. The molecule has 9 nitrogen and oxygen atoms in total. The number of hydrogen-bond donors (Lipinski definition) is 2. The summed E-state index contributed by atoms with van der Waals surface area (Å²) < 4.78 is 108. The topological polar surface area (TPSA) is 119 Å². The smallest absolute Gasteiger partial charge is 0.417 e. The number of anilines is 1. The monoisotopic (exact) mass is 692 g/mol. The number of thiophene rings is 1. The number of methoxy groups -OCH3 is 1. The first-order valence-corrected chi connectivity index (χ1v) is 16.2. The van der Waals surface area contributed by atoms with Gasteiger partial charge in [0.25, 0.3) is 0 Å². The van der Waals surface area contributed by atoms with E-state index in [9.17, 15) is 27.2 Å². The Balaban J connectivity index is 1.43. The largest absolute Gasteiger partial charge is 0.472 e. The number of hydrogen-bond acceptors (Lipinski definition) is 10. The molecular weight excluding hydrogens is 662 g/mol. The summed E-state index contributed by atoms with van der Waals surface area (Å²) in [6.45, 7) is 1.69. The Morgan fingerprint density at radius 3 is 2.81 bits per heavy atom. The van der Waals surface area contributed by atoms with Gasteiger partial charge in [-0.15, -0.1) is 11.3 Å². The summed E-state index contributed by atoms with van der Waals surface area (Å²) in [5.74, 6) is -2.56. The van der Waals surface area contributed by atoms with E-state index in [4.69, 9.17) is 19.9 Å². The van der Waals surface area contributed by atoms with Crippen molar-refractivity contribution in [1.29, 1.82) is 5.26 Å². The lowest BCUT2D eigenvalue weighted by molar-refractivity contribution is -0.137. The van der Waals surface area contributed by atoms with Crippen LogP contribution in [0.25, 0.3) is 32.1 Å². The Hall–Kier alpha value is -3.91. The summed E-state index contributed by atoms with van der Waals surface area (Å²) in [5, 5.41) is 12.3. The molecule has 3 fully saturated rings. The van der Waals surface area contributed by atoms with Crippen molar-refractivity contribution in [3.8, 4) is 29.1 Å². The zero-order valence-corrected chi connectivity index (χ0v) is 26.4. The third kappa shape index (κ3) is 5.46. The number of nitrogens with zero attached hydrogens (tertiary/aromatic N) is 4. The highest BCUT2D eigenvalue weighted by molar-refractivity contribution is 7.23. The maximum absolute atomic E-state index is 16.9. The van der Waals surface area contributed by atoms with Gasteiger partial charge in [-0.3, -0.25) is 4.90 Å². The quantitative estimate of drug-likeness (QED) is 0.215. The molecule has 48 heavy (non-hydrogen) atoms. The Bertz CT molecular complexity index is 1950. The fourth-order valence-corrected chi connectivity index (χ4v) is 8.30. The van der Waals surface area contributed by atoms with Gasteiger partial charge in [0.15, 0.2) is 5.82 Å². The fraction of sp³-hybridized carbons (Fsp3) is 0.469. The highest BCUT2D eigenvalue weighted by Crippen LogP contribution is 2.48. The van der Waals surface area contributed by atoms with Crippen LogP contribution < -0.4 is 20.5 Å². The number of nitrogens with one attached hydrogen (secondary N) is 1. The Kier molecular flexibility index (Phi) is 8.30. The van der Waals surface area contributed by atoms with E-state index in [1.807, 2.05) is 11.0 Å². The average molecular weight is 693 g/mol. The molecule has 2 aromatic carbocycles. The Labute approximate surface area is 274 Å². The Morgan fingerprint density at radius 2 is 2.06 bits per heavy atom. The Morgan fingerprint density at radius 1 is 1.25 bits per heavy atom. The van der Waals surface area contributed by atoms with Crippen molar-refractivity contribution in [3.05, 3.63) is 41.0 Å². The summed E-state index contributed by atoms with van der Waals surface area (Å²) >= 11 is 0.678. The van der Waals surface area contributed by atoms with E-state index in [1.165, 1.54) is 7.11 Å². The molecule has 0 amide bonds. The predicted octanol–water partition coefficient (Wildman–Crippen LogP) is 5.97. The highest BCUT2D eigenvalue weighted by Gasteiger charge is 2.49. The summed E-state index contributed by atoms with van der Waals surface area (Å²) in [4.78, 5) is 10.6. The first-order valence-electron chi connectivity index (χ1n) is 15.4. The van der Waals surface area contributed by atoms with Crippen LogP contribution in [0.3, 0.4) is 0 Å². The van der Waals surface area contributed by atoms with Gasteiger partial charge in [0.05, 0.1) is 39.4 Å². The SMILES string of the molecule is COC[C@H]1NCC[C@H]1Oc1nc(OCC23CCCN2C[C@H](F)C3)nc2c(F)c(-c3ccc(F)c4sc(N)c(C#N)c34)c(C(F)(F)F)cc12. The van der Waals surface area contributed by atoms with Crippen LogP contribution in [0.4, 0.5) is 31.3 Å². The molecule has 0 aliphatic carbocycles. The number of benzene rings is 2. The zero-order valence-electron chi connectivity index (χ0n) is 25.6. The van der Waals surface area contributed by atoms with Crippen LogP contribution in [-0.4, -0.2) is 78.7 Å². The number of alkyl halides is 4. The summed E-state index contributed by atoms with van der Waals surface area (Å²) in [6, 6.07) is 3.70. The molecule has 4 atom stereocenters. The van der Waals surface area contributed by atoms with Crippen molar-refractivity contribution in [3.63, 3.8) is 0 Å². The molecular formula is C32H30F6N6O3S. The number of fused-ring (bicyclic) bond motifs is 3.